The van der Waals surface area contributed by atoms with Crippen molar-refractivity contribution in [3.8, 4) is 5.75 Å². The van der Waals surface area contributed by atoms with E-state index in [1.54, 1.807) is 6.07 Å². The summed E-state index contributed by atoms with van der Waals surface area (Å²) in [4.78, 5) is 32.3. The highest BCUT2D eigenvalue weighted by atomic mass is 16.7. The van der Waals surface area contributed by atoms with Crippen molar-refractivity contribution in [1.29, 1.82) is 0 Å². The molecule has 2 aromatic rings. The molecule has 2 aromatic carbocycles. The number of hydrogen-bond acceptors (Lipinski definition) is 7. The van der Waals surface area contributed by atoms with Crippen LogP contribution in [0.5, 0.6) is 5.75 Å². The maximum absolute atomic E-state index is 11.6. The number of benzene rings is 2. The lowest BCUT2D eigenvalue weighted by atomic mass is 10.2. The van der Waals surface area contributed by atoms with Crippen molar-refractivity contribution in [2.75, 3.05) is 12.1 Å². The van der Waals surface area contributed by atoms with Crippen molar-refractivity contribution < 1.29 is 19.2 Å². The van der Waals surface area contributed by atoms with E-state index in [1.807, 2.05) is 0 Å². The summed E-state index contributed by atoms with van der Waals surface area (Å²) in [7, 11) is 1.48. The van der Waals surface area contributed by atoms with Crippen molar-refractivity contribution in [3.63, 3.8) is 0 Å². The zero-order chi connectivity index (χ0) is 17.5. The van der Waals surface area contributed by atoms with Gasteiger partial charge < -0.3 is 9.47 Å². The van der Waals surface area contributed by atoms with Gasteiger partial charge in [-0.1, -0.05) is 12.1 Å². The van der Waals surface area contributed by atoms with Crippen LogP contribution in [0.25, 0.3) is 0 Å². The van der Waals surface area contributed by atoms with Crippen molar-refractivity contribution in [3.05, 3.63) is 69.1 Å². The molecule has 0 aliphatic rings. The van der Waals surface area contributed by atoms with Gasteiger partial charge in [-0.05, 0) is 30.3 Å². The fourth-order valence-electron chi connectivity index (χ4n) is 1.85. The second kappa shape index (κ2) is 7.68. The first kappa shape index (κ1) is 16.9. The van der Waals surface area contributed by atoms with Gasteiger partial charge in [-0.25, -0.2) is 9.80 Å². The molecular formula is C15H13N3O6. The molecule has 0 radical (unpaired) electrons. The number of nitrogens with zero attached hydrogens (tertiary/aromatic N) is 3. The highest BCUT2D eigenvalue weighted by Crippen LogP contribution is 2.21. The van der Waals surface area contributed by atoms with E-state index in [9.17, 15) is 19.8 Å². The molecule has 24 heavy (non-hydrogen) atoms. The normalized spacial score (nSPS) is 9.88. The zero-order valence-electron chi connectivity index (χ0n) is 12.6. The Morgan fingerprint density at radius 2 is 1.88 bits per heavy atom. The van der Waals surface area contributed by atoms with Crippen LogP contribution in [0.3, 0.4) is 0 Å². The third-order valence-corrected chi connectivity index (χ3v) is 3.07. The van der Waals surface area contributed by atoms with E-state index >= 15 is 0 Å². The Balaban J connectivity index is 1.94. The molecule has 0 fully saturated rings. The Labute approximate surface area is 136 Å². The number of carbonyl (C=O) groups excluding carboxylic acids is 1. The third kappa shape index (κ3) is 4.26. The lowest BCUT2D eigenvalue weighted by Crippen LogP contribution is -2.11. The molecule has 0 amide bonds. The molecule has 0 saturated carbocycles. The molecule has 0 heterocycles. The molecule has 0 aromatic heterocycles. The van der Waals surface area contributed by atoms with Crippen LogP contribution in [0, 0.1) is 15.0 Å². The Morgan fingerprint density at radius 3 is 2.50 bits per heavy atom. The molecule has 0 N–H and O–H groups in total. The minimum absolute atomic E-state index is 0.140. The molecule has 9 heteroatoms. The summed E-state index contributed by atoms with van der Waals surface area (Å²) in [6.07, 6.45) is -0.997. The van der Waals surface area contributed by atoms with Crippen molar-refractivity contribution in [2.45, 2.75) is 6.61 Å². The fraction of sp³-hybridized carbons (Fsp3) is 0.133. The smallest absolute Gasteiger partial charge is 0.429 e. The standard InChI is InChI=1S/C15H13N3O6/c1-17(16-20)12-6-8-13(9-7-12)24-15(19)23-10-11-4-2-3-5-14(11)18(21)22/h2-9H,10H2,1H3. The number of anilines is 1. The number of nitro groups is 1. The summed E-state index contributed by atoms with van der Waals surface area (Å²) in [6, 6.07) is 11.9. The number of carbonyl (C=O) groups is 1. The predicted octanol–water partition coefficient (Wildman–Crippen LogP) is 3.43. The number of hydrogen-bond donors (Lipinski definition) is 0. The first-order chi connectivity index (χ1) is 11.5. The Hall–Kier alpha value is -3.49. The first-order valence-electron chi connectivity index (χ1n) is 6.75. The second-order valence-electron chi connectivity index (χ2n) is 4.63. The number of rotatable bonds is 6. The van der Waals surface area contributed by atoms with Crippen LogP contribution in [0.1, 0.15) is 5.56 Å². The monoisotopic (exact) mass is 331 g/mol. The summed E-state index contributed by atoms with van der Waals surface area (Å²) in [6.45, 7) is -0.286. The molecule has 0 unspecified atom stereocenters. The summed E-state index contributed by atoms with van der Waals surface area (Å²) < 4.78 is 9.82. The molecule has 0 aliphatic carbocycles. The van der Waals surface area contributed by atoms with E-state index in [1.165, 1.54) is 49.5 Å². The number of ether oxygens (including phenoxy) is 2. The Kier molecular flexibility index (Phi) is 5.40. The van der Waals surface area contributed by atoms with Gasteiger partial charge in [0.2, 0.25) is 0 Å². The van der Waals surface area contributed by atoms with Gasteiger partial charge >= 0.3 is 6.16 Å². The lowest BCUT2D eigenvalue weighted by Gasteiger charge is -2.09. The second-order valence-corrected chi connectivity index (χ2v) is 4.63. The largest absolute Gasteiger partial charge is 0.514 e. The van der Waals surface area contributed by atoms with E-state index in [0.717, 1.165) is 5.01 Å². The van der Waals surface area contributed by atoms with Crippen LogP contribution >= 0.6 is 0 Å². The highest BCUT2D eigenvalue weighted by molar-refractivity contribution is 5.64. The van der Waals surface area contributed by atoms with Crippen LogP contribution in [-0.4, -0.2) is 18.1 Å². The van der Waals surface area contributed by atoms with Crippen LogP contribution < -0.4 is 9.75 Å². The highest BCUT2D eigenvalue weighted by Gasteiger charge is 2.15. The quantitative estimate of drug-likeness (QED) is 0.262. The van der Waals surface area contributed by atoms with Gasteiger partial charge in [0.05, 0.1) is 21.5 Å². The van der Waals surface area contributed by atoms with Gasteiger partial charge in [0.25, 0.3) is 5.69 Å². The molecule has 0 spiro atoms. The van der Waals surface area contributed by atoms with Crippen LogP contribution in [0.15, 0.2) is 53.8 Å². The number of nitro benzene ring substituents is 1. The van der Waals surface area contributed by atoms with E-state index in [-0.39, 0.29) is 23.6 Å². The predicted molar refractivity (Wildman–Crippen MR) is 84.5 cm³/mol. The minimum atomic E-state index is -0.997. The fourth-order valence-corrected chi connectivity index (χ4v) is 1.85. The topological polar surface area (TPSA) is 111 Å². The maximum atomic E-state index is 11.6. The van der Waals surface area contributed by atoms with Gasteiger partial charge in [0.15, 0.2) is 0 Å². The molecule has 0 saturated heterocycles. The van der Waals surface area contributed by atoms with Crippen LogP contribution in [0.2, 0.25) is 0 Å². The zero-order valence-corrected chi connectivity index (χ0v) is 12.6. The van der Waals surface area contributed by atoms with E-state index in [0.29, 0.717) is 5.69 Å². The van der Waals surface area contributed by atoms with E-state index < -0.39 is 11.1 Å². The number of nitroso groups, excluding NO2 is 1. The van der Waals surface area contributed by atoms with Crippen molar-refractivity contribution in [1.82, 2.24) is 0 Å². The third-order valence-electron chi connectivity index (χ3n) is 3.07. The molecule has 9 nitrogen and oxygen atoms in total. The average molecular weight is 331 g/mol. The number of para-hydroxylation sites is 1. The molecule has 0 aliphatic heterocycles. The molecule has 2 rings (SSSR count). The molecule has 0 bridgehead atoms. The maximum Gasteiger partial charge on any atom is 0.514 e. The van der Waals surface area contributed by atoms with Gasteiger partial charge in [-0.15, -0.1) is 4.91 Å². The van der Waals surface area contributed by atoms with Gasteiger partial charge in [0, 0.05) is 13.1 Å². The van der Waals surface area contributed by atoms with Crippen molar-refractivity contribution in [2.24, 2.45) is 5.29 Å². The van der Waals surface area contributed by atoms with Gasteiger partial charge in [-0.3, -0.25) is 10.1 Å². The van der Waals surface area contributed by atoms with E-state index in [4.69, 9.17) is 9.47 Å². The van der Waals surface area contributed by atoms with Crippen LogP contribution in [-0.2, 0) is 11.3 Å². The summed E-state index contributed by atoms with van der Waals surface area (Å²) in [5, 5.41) is 14.7. The lowest BCUT2D eigenvalue weighted by molar-refractivity contribution is -0.385. The summed E-state index contributed by atoms with van der Waals surface area (Å²) in [5.74, 6) is 0.200. The molecule has 0 atom stereocenters. The SMILES string of the molecule is CN(N=O)c1ccc(OC(=O)OCc2ccccc2[N+](=O)[O-])cc1. The van der Waals surface area contributed by atoms with Gasteiger partial charge in [0.1, 0.15) is 12.4 Å². The molecular weight excluding hydrogens is 318 g/mol. The van der Waals surface area contributed by atoms with Crippen molar-refractivity contribution >= 4 is 17.5 Å². The summed E-state index contributed by atoms with van der Waals surface area (Å²) in [5.41, 5.74) is 0.637. The Bertz CT molecular complexity index is 747. The summed E-state index contributed by atoms with van der Waals surface area (Å²) >= 11 is 0. The minimum Gasteiger partial charge on any atom is -0.429 e. The van der Waals surface area contributed by atoms with E-state index in [2.05, 4.69) is 5.29 Å². The Morgan fingerprint density at radius 1 is 1.21 bits per heavy atom. The van der Waals surface area contributed by atoms with Crippen LogP contribution in [0.4, 0.5) is 16.2 Å². The average Bonchev–Trinajstić information content (AvgIpc) is 2.60. The molecule has 124 valence electrons. The first-order valence-corrected chi connectivity index (χ1v) is 6.75. The van der Waals surface area contributed by atoms with Gasteiger partial charge in [-0.2, -0.15) is 0 Å².